The van der Waals surface area contributed by atoms with E-state index < -0.39 is 0 Å². The minimum atomic E-state index is 0.845. The van der Waals surface area contributed by atoms with Gasteiger partial charge in [0.15, 0.2) is 0 Å². The van der Waals surface area contributed by atoms with E-state index in [0.29, 0.717) is 0 Å². The van der Waals surface area contributed by atoms with Gasteiger partial charge < -0.3 is 5.73 Å². The Morgan fingerprint density at radius 3 is 2.89 bits per heavy atom. The van der Waals surface area contributed by atoms with Gasteiger partial charge in [-0.3, -0.25) is 0 Å². The number of hydrogen-bond donors (Lipinski definition) is 1. The zero-order valence-electron chi connectivity index (χ0n) is 11.3. The Hall–Kier alpha value is -1.24. The summed E-state index contributed by atoms with van der Waals surface area (Å²) >= 11 is 0. The summed E-state index contributed by atoms with van der Waals surface area (Å²) in [6, 6.07) is 6.49. The van der Waals surface area contributed by atoms with Gasteiger partial charge in [-0.25, -0.2) is 0 Å². The lowest BCUT2D eigenvalue weighted by atomic mass is 9.79. The molecule has 1 aromatic carbocycles. The van der Waals surface area contributed by atoms with Gasteiger partial charge in [0.2, 0.25) is 0 Å². The van der Waals surface area contributed by atoms with Crippen LogP contribution in [0.25, 0.3) is 5.57 Å². The van der Waals surface area contributed by atoms with Crippen LogP contribution in [0.15, 0.2) is 23.8 Å². The first-order chi connectivity index (χ1) is 8.79. The van der Waals surface area contributed by atoms with E-state index in [4.69, 9.17) is 5.73 Å². The zero-order valence-corrected chi connectivity index (χ0v) is 11.3. The predicted molar refractivity (Wildman–Crippen MR) is 78.3 cm³/mol. The molecular formula is C17H23N. The lowest BCUT2D eigenvalue weighted by Gasteiger charge is -2.27. The molecule has 0 spiro atoms. The summed E-state index contributed by atoms with van der Waals surface area (Å²) in [6.45, 7) is 2.34. The Morgan fingerprint density at radius 1 is 1.17 bits per heavy atom. The molecule has 2 aliphatic carbocycles. The first kappa shape index (κ1) is 11.8. The van der Waals surface area contributed by atoms with Crippen LogP contribution >= 0.6 is 0 Å². The van der Waals surface area contributed by atoms with Crippen molar-refractivity contribution in [2.75, 3.05) is 5.73 Å². The molecule has 1 nitrogen and oxygen atoms in total. The molecule has 18 heavy (non-hydrogen) atoms. The van der Waals surface area contributed by atoms with Gasteiger partial charge >= 0.3 is 0 Å². The fourth-order valence-corrected chi connectivity index (χ4v) is 3.78. The lowest BCUT2D eigenvalue weighted by molar-refractivity contribution is 0.443. The number of benzene rings is 1. The number of hydrogen-bond acceptors (Lipinski definition) is 1. The van der Waals surface area contributed by atoms with E-state index in [-0.39, 0.29) is 0 Å². The maximum atomic E-state index is 5.89. The first-order valence-corrected chi connectivity index (χ1v) is 7.40. The largest absolute Gasteiger partial charge is 0.399 e. The molecule has 3 rings (SSSR count). The molecular weight excluding hydrogens is 218 g/mol. The Labute approximate surface area is 110 Å². The fourth-order valence-electron chi connectivity index (χ4n) is 3.78. The lowest BCUT2D eigenvalue weighted by Crippen LogP contribution is -2.10. The molecule has 0 bridgehead atoms. The molecule has 0 heterocycles. The molecule has 96 valence electrons. The molecule has 1 saturated carbocycles. The number of rotatable bonds is 1. The van der Waals surface area contributed by atoms with Gasteiger partial charge in [0.05, 0.1) is 0 Å². The van der Waals surface area contributed by atoms with E-state index in [1.54, 1.807) is 11.1 Å². The highest BCUT2D eigenvalue weighted by Gasteiger charge is 2.25. The van der Waals surface area contributed by atoms with E-state index in [1.165, 1.54) is 56.1 Å². The monoisotopic (exact) mass is 241 g/mol. The van der Waals surface area contributed by atoms with Crippen molar-refractivity contribution in [1.29, 1.82) is 0 Å². The first-order valence-electron chi connectivity index (χ1n) is 7.40. The smallest absolute Gasteiger partial charge is 0.0317 e. The molecule has 0 amide bonds. The average Bonchev–Trinajstić information content (AvgIpc) is 2.81. The van der Waals surface area contributed by atoms with Crippen LogP contribution in [0.5, 0.6) is 0 Å². The van der Waals surface area contributed by atoms with Crippen molar-refractivity contribution < 1.29 is 0 Å². The van der Waals surface area contributed by atoms with Crippen molar-refractivity contribution in [3.63, 3.8) is 0 Å². The second-order valence-corrected chi connectivity index (χ2v) is 5.77. The fraction of sp³-hybridized carbons (Fsp3) is 0.529. The molecule has 1 aromatic rings. The summed E-state index contributed by atoms with van der Waals surface area (Å²) in [5.41, 5.74) is 13.2. The van der Waals surface area contributed by atoms with Gasteiger partial charge in [-0.05, 0) is 73.3 Å². The quantitative estimate of drug-likeness (QED) is 0.716. The summed E-state index contributed by atoms with van der Waals surface area (Å²) in [4.78, 5) is 0. The minimum absolute atomic E-state index is 0.845. The van der Waals surface area contributed by atoms with E-state index in [1.807, 2.05) is 0 Å². The summed E-state index contributed by atoms with van der Waals surface area (Å²) in [6.07, 6.45) is 9.28. The number of nitrogen functional groups attached to an aromatic ring is 1. The minimum Gasteiger partial charge on any atom is -0.399 e. The van der Waals surface area contributed by atoms with E-state index in [9.17, 15) is 0 Å². The van der Waals surface area contributed by atoms with Crippen LogP contribution in [-0.4, -0.2) is 0 Å². The van der Waals surface area contributed by atoms with Crippen molar-refractivity contribution in [2.24, 2.45) is 5.92 Å². The van der Waals surface area contributed by atoms with Crippen LogP contribution in [0.2, 0.25) is 0 Å². The van der Waals surface area contributed by atoms with Crippen LogP contribution in [0.4, 0.5) is 5.69 Å². The summed E-state index contributed by atoms with van der Waals surface area (Å²) in [5, 5.41) is 0. The Bertz CT molecular complexity index is 484. The van der Waals surface area contributed by atoms with Crippen molar-refractivity contribution >= 4 is 11.3 Å². The molecule has 0 aliphatic heterocycles. The van der Waals surface area contributed by atoms with E-state index >= 15 is 0 Å². The Morgan fingerprint density at radius 2 is 2.06 bits per heavy atom. The molecule has 1 heteroatoms. The van der Waals surface area contributed by atoms with Gasteiger partial charge in [0.1, 0.15) is 0 Å². The molecule has 0 radical (unpaired) electrons. The highest BCUT2D eigenvalue weighted by atomic mass is 14.5. The van der Waals surface area contributed by atoms with E-state index in [0.717, 1.165) is 11.6 Å². The molecule has 1 unspecified atom stereocenters. The number of anilines is 1. The van der Waals surface area contributed by atoms with Crippen molar-refractivity contribution in [1.82, 2.24) is 0 Å². The maximum absolute atomic E-state index is 5.89. The third-order valence-corrected chi connectivity index (χ3v) is 4.72. The molecule has 1 fully saturated rings. The van der Waals surface area contributed by atoms with Crippen LogP contribution in [0, 0.1) is 5.92 Å². The third kappa shape index (κ3) is 1.96. The standard InChI is InChI=1S/C17H23N/c1-2-12-5-3-4-6-15(12)17-9-7-13-11-14(18)8-10-16(13)17/h8,10-12H,2-7,9,18H2,1H3. The third-order valence-electron chi connectivity index (χ3n) is 4.72. The number of aryl methyl sites for hydroxylation is 1. The maximum Gasteiger partial charge on any atom is 0.0317 e. The Balaban J connectivity index is 2.03. The number of nitrogens with two attached hydrogens (primary N) is 1. The van der Waals surface area contributed by atoms with Crippen LogP contribution in [0.1, 0.15) is 56.6 Å². The van der Waals surface area contributed by atoms with Gasteiger partial charge in [-0.15, -0.1) is 0 Å². The van der Waals surface area contributed by atoms with Crippen molar-refractivity contribution in [2.45, 2.75) is 51.9 Å². The van der Waals surface area contributed by atoms with Crippen LogP contribution in [-0.2, 0) is 6.42 Å². The van der Waals surface area contributed by atoms with Gasteiger partial charge in [0.25, 0.3) is 0 Å². The highest BCUT2D eigenvalue weighted by Crippen LogP contribution is 2.43. The highest BCUT2D eigenvalue weighted by molar-refractivity contribution is 5.76. The molecule has 2 N–H and O–H groups in total. The Kier molecular flexibility index (Phi) is 3.15. The SMILES string of the molecule is CCC1CCCCC1=C1CCc2cc(N)ccc21. The second-order valence-electron chi connectivity index (χ2n) is 5.77. The van der Waals surface area contributed by atoms with Crippen LogP contribution < -0.4 is 5.73 Å². The molecule has 2 aliphatic rings. The summed E-state index contributed by atoms with van der Waals surface area (Å²) in [7, 11) is 0. The number of fused-ring (bicyclic) bond motifs is 1. The second kappa shape index (κ2) is 4.79. The predicted octanol–water partition coefficient (Wildman–Crippen LogP) is 4.57. The summed E-state index contributed by atoms with van der Waals surface area (Å²) in [5.74, 6) is 0.845. The van der Waals surface area contributed by atoms with E-state index in [2.05, 4.69) is 25.1 Å². The molecule has 1 atom stereocenters. The normalized spacial score (nSPS) is 27.3. The van der Waals surface area contributed by atoms with Crippen LogP contribution in [0.3, 0.4) is 0 Å². The number of allylic oxidation sites excluding steroid dienone is 2. The zero-order chi connectivity index (χ0) is 12.5. The molecule has 0 saturated heterocycles. The van der Waals surface area contributed by atoms with Gasteiger partial charge in [-0.2, -0.15) is 0 Å². The average molecular weight is 241 g/mol. The molecule has 0 aromatic heterocycles. The summed E-state index contributed by atoms with van der Waals surface area (Å²) < 4.78 is 0. The van der Waals surface area contributed by atoms with Gasteiger partial charge in [-0.1, -0.05) is 25.0 Å². The van der Waals surface area contributed by atoms with Crippen molar-refractivity contribution in [3.8, 4) is 0 Å². The topological polar surface area (TPSA) is 26.0 Å². The van der Waals surface area contributed by atoms with Crippen molar-refractivity contribution in [3.05, 3.63) is 34.9 Å². The van der Waals surface area contributed by atoms with Gasteiger partial charge in [0, 0.05) is 5.69 Å².